The van der Waals surface area contributed by atoms with E-state index >= 15 is 0 Å². The predicted octanol–water partition coefficient (Wildman–Crippen LogP) is 2.62. The van der Waals surface area contributed by atoms with Crippen molar-refractivity contribution in [2.45, 2.75) is 33.2 Å². The van der Waals surface area contributed by atoms with Crippen LogP contribution in [-0.2, 0) is 9.59 Å². The average molecular weight is 275 g/mol. The van der Waals surface area contributed by atoms with Gasteiger partial charge in [-0.15, -0.1) is 0 Å². The van der Waals surface area contributed by atoms with Gasteiger partial charge in [0.2, 0.25) is 5.91 Å². The topological polar surface area (TPSA) is 66.4 Å². The summed E-state index contributed by atoms with van der Waals surface area (Å²) in [5.74, 6) is -1.50. The molecule has 2 unspecified atom stereocenters. The summed E-state index contributed by atoms with van der Waals surface area (Å²) in [6.45, 7) is 5.68. The highest BCUT2D eigenvalue weighted by Gasteiger charge is 2.24. The first-order valence-corrected chi connectivity index (χ1v) is 6.72. The Morgan fingerprint density at radius 3 is 2.65 bits per heavy atom. The molecule has 0 saturated heterocycles. The quantitative estimate of drug-likeness (QED) is 0.784. The molecule has 0 aliphatic carbocycles. The number of carbonyl (C=O) groups excluding carboxylic acids is 1. The minimum atomic E-state index is -1.00. The summed E-state index contributed by atoms with van der Waals surface area (Å²) < 4.78 is 0. The predicted molar refractivity (Wildman–Crippen MR) is 79.2 cm³/mol. The molecule has 4 heteroatoms. The number of amides is 1. The van der Waals surface area contributed by atoms with Crippen LogP contribution >= 0.6 is 0 Å². The number of carboxylic acid groups (broad SMARTS) is 1. The van der Waals surface area contributed by atoms with Gasteiger partial charge in [-0.3, -0.25) is 4.79 Å². The summed E-state index contributed by atoms with van der Waals surface area (Å²) in [4.78, 5) is 22.9. The summed E-state index contributed by atoms with van der Waals surface area (Å²) in [5, 5.41) is 11.6. The van der Waals surface area contributed by atoms with Crippen molar-refractivity contribution in [1.29, 1.82) is 0 Å². The van der Waals surface area contributed by atoms with E-state index in [1.165, 1.54) is 6.08 Å². The van der Waals surface area contributed by atoms with Gasteiger partial charge in [-0.1, -0.05) is 50.1 Å². The summed E-state index contributed by atoms with van der Waals surface area (Å²) in [6.07, 6.45) is 3.74. The number of rotatable bonds is 6. The molecule has 0 aliphatic heterocycles. The largest absolute Gasteiger partial charge is 0.480 e. The molecule has 2 atom stereocenters. The Balaban J connectivity index is 2.68. The summed E-state index contributed by atoms with van der Waals surface area (Å²) in [7, 11) is 0. The van der Waals surface area contributed by atoms with Gasteiger partial charge in [0, 0.05) is 6.08 Å². The lowest BCUT2D eigenvalue weighted by atomic mass is 9.99. The van der Waals surface area contributed by atoms with Crippen LogP contribution in [0, 0.1) is 12.8 Å². The van der Waals surface area contributed by atoms with Crippen LogP contribution < -0.4 is 5.32 Å². The van der Waals surface area contributed by atoms with E-state index in [1.807, 2.05) is 45.0 Å². The number of carboxylic acids is 1. The van der Waals surface area contributed by atoms with Crippen molar-refractivity contribution in [3.8, 4) is 0 Å². The maximum absolute atomic E-state index is 11.8. The van der Waals surface area contributed by atoms with Gasteiger partial charge in [0.05, 0.1) is 0 Å². The standard InChI is InChI=1S/C16H21NO3/c1-4-12(3)15(16(19)20)17-14(18)9-8-13-7-5-6-11(2)10-13/h5-10,12,15H,4H2,1-3H3,(H,17,18)(H,19,20)/b9-8+. The van der Waals surface area contributed by atoms with E-state index in [0.29, 0.717) is 6.42 Å². The number of aliphatic carboxylic acids is 1. The Kier molecular flexibility index (Phi) is 5.97. The van der Waals surface area contributed by atoms with E-state index in [1.54, 1.807) is 6.08 Å². The second-order valence-corrected chi connectivity index (χ2v) is 4.96. The average Bonchev–Trinajstić information content (AvgIpc) is 2.41. The molecule has 0 radical (unpaired) electrons. The molecule has 1 aromatic rings. The molecule has 1 rings (SSSR count). The third-order valence-electron chi connectivity index (χ3n) is 3.25. The number of aryl methyl sites for hydroxylation is 1. The van der Waals surface area contributed by atoms with Crippen molar-refractivity contribution in [2.75, 3.05) is 0 Å². The molecule has 1 aromatic carbocycles. The Hall–Kier alpha value is -2.10. The maximum atomic E-state index is 11.8. The van der Waals surface area contributed by atoms with E-state index in [4.69, 9.17) is 5.11 Å². The van der Waals surface area contributed by atoms with Crippen LogP contribution in [0.3, 0.4) is 0 Å². The van der Waals surface area contributed by atoms with Gasteiger partial charge in [0.1, 0.15) is 6.04 Å². The zero-order chi connectivity index (χ0) is 15.1. The van der Waals surface area contributed by atoms with Gasteiger partial charge in [0.15, 0.2) is 0 Å². The molecule has 1 amide bonds. The highest BCUT2D eigenvalue weighted by molar-refractivity contribution is 5.94. The lowest BCUT2D eigenvalue weighted by Gasteiger charge is -2.19. The summed E-state index contributed by atoms with van der Waals surface area (Å²) in [6, 6.07) is 6.87. The summed E-state index contributed by atoms with van der Waals surface area (Å²) >= 11 is 0. The Morgan fingerprint density at radius 2 is 2.10 bits per heavy atom. The molecule has 0 spiro atoms. The number of carbonyl (C=O) groups is 2. The fourth-order valence-corrected chi connectivity index (χ4v) is 1.83. The van der Waals surface area contributed by atoms with Gasteiger partial charge < -0.3 is 10.4 Å². The van der Waals surface area contributed by atoms with Crippen LogP contribution in [0.15, 0.2) is 30.3 Å². The van der Waals surface area contributed by atoms with Gasteiger partial charge in [-0.25, -0.2) is 4.79 Å². The molecule has 108 valence electrons. The fourth-order valence-electron chi connectivity index (χ4n) is 1.83. The van der Waals surface area contributed by atoms with Crippen molar-refractivity contribution < 1.29 is 14.7 Å². The molecule has 4 nitrogen and oxygen atoms in total. The fraction of sp³-hybridized carbons (Fsp3) is 0.375. The minimum Gasteiger partial charge on any atom is -0.480 e. The highest BCUT2D eigenvalue weighted by atomic mass is 16.4. The molecule has 0 aliphatic rings. The van der Waals surface area contributed by atoms with Crippen molar-refractivity contribution in [2.24, 2.45) is 5.92 Å². The molecule has 0 saturated carbocycles. The van der Waals surface area contributed by atoms with Crippen molar-refractivity contribution in [3.63, 3.8) is 0 Å². The van der Waals surface area contributed by atoms with Crippen LogP contribution in [-0.4, -0.2) is 23.0 Å². The first kappa shape index (κ1) is 16.0. The first-order valence-electron chi connectivity index (χ1n) is 6.72. The zero-order valence-corrected chi connectivity index (χ0v) is 12.1. The number of benzene rings is 1. The van der Waals surface area contributed by atoms with E-state index in [9.17, 15) is 9.59 Å². The number of nitrogens with one attached hydrogen (secondary N) is 1. The third kappa shape index (κ3) is 4.88. The minimum absolute atomic E-state index is 0.108. The lowest BCUT2D eigenvalue weighted by Crippen LogP contribution is -2.44. The third-order valence-corrected chi connectivity index (χ3v) is 3.25. The van der Waals surface area contributed by atoms with Crippen LogP contribution in [0.5, 0.6) is 0 Å². The van der Waals surface area contributed by atoms with Gasteiger partial charge in [-0.2, -0.15) is 0 Å². The Bertz CT molecular complexity index is 508. The molecular weight excluding hydrogens is 254 g/mol. The van der Waals surface area contributed by atoms with Gasteiger partial charge in [0.25, 0.3) is 0 Å². The zero-order valence-electron chi connectivity index (χ0n) is 12.1. The number of hydrogen-bond donors (Lipinski definition) is 2. The van der Waals surface area contributed by atoms with E-state index in [2.05, 4.69) is 5.32 Å². The second-order valence-electron chi connectivity index (χ2n) is 4.96. The second kappa shape index (κ2) is 7.48. The molecule has 0 heterocycles. The van der Waals surface area contributed by atoms with Crippen LogP contribution in [0.4, 0.5) is 0 Å². The molecule has 0 bridgehead atoms. The van der Waals surface area contributed by atoms with Crippen molar-refractivity contribution in [1.82, 2.24) is 5.32 Å². The molecule has 20 heavy (non-hydrogen) atoms. The summed E-state index contributed by atoms with van der Waals surface area (Å²) in [5.41, 5.74) is 2.02. The van der Waals surface area contributed by atoms with Crippen molar-refractivity contribution in [3.05, 3.63) is 41.5 Å². The Labute approximate surface area is 119 Å². The van der Waals surface area contributed by atoms with Crippen LogP contribution in [0.2, 0.25) is 0 Å². The first-order chi connectivity index (χ1) is 9.43. The molecular formula is C16H21NO3. The van der Waals surface area contributed by atoms with Crippen molar-refractivity contribution >= 4 is 18.0 Å². The maximum Gasteiger partial charge on any atom is 0.326 e. The lowest BCUT2D eigenvalue weighted by molar-refractivity contribution is -0.142. The normalized spacial score (nSPS) is 13.9. The number of hydrogen-bond acceptors (Lipinski definition) is 2. The SMILES string of the molecule is CCC(C)C(NC(=O)/C=C/c1cccc(C)c1)C(=O)O. The molecule has 0 fully saturated rings. The van der Waals surface area contributed by atoms with E-state index < -0.39 is 12.0 Å². The Morgan fingerprint density at radius 1 is 1.40 bits per heavy atom. The highest BCUT2D eigenvalue weighted by Crippen LogP contribution is 2.09. The van der Waals surface area contributed by atoms with Gasteiger partial charge in [-0.05, 0) is 24.5 Å². The van der Waals surface area contributed by atoms with Gasteiger partial charge >= 0.3 is 5.97 Å². The smallest absolute Gasteiger partial charge is 0.326 e. The molecule has 0 aromatic heterocycles. The van der Waals surface area contributed by atoms with E-state index in [0.717, 1.165) is 11.1 Å². The van der Waals surface area contributed by atoms with E-state index in [-0.39, 0.29) is 11.8 Å². The van der Waals surface area contributed by atoms with Crippen LogP contribution in [0.1, 0.15) is 31.4 Å². The molecule has 2 N–H and O–H groups in total. The van der Waals surface area contributed by atoms with Crippen LogP contribution in [0.25, 0.3) is 6.08 Å². The monoisotopic (exact) mass is 275 g/mol.